The third-order valence-electron chi connectivity index (χ3n) is 4.95. The maximum atomic E-state index is 13.2. The second kappa shape index (κ2) is 8.74. The summed E-state index contributed by atoms with van der Waals surface area (Å²) in [6.07, 6.45) is 0.539. The monoisotopic (exact) mass is 416 g/mol. The van der Waals surface area contributed by atoms with Crippen molar-refractivity contribution in [2.75, 3.05) is 19.5 Å². The predicted molar refractivity (Wildman–Crippen MR) is 113 cm³/mol. The van der Waals surface area contributed by atoms with Crippen LogP contribution in [0.3, 0.4) is 0 Å². The highest BCUT2D eigenvalue weighted by molar-refractivity contribution is 6.32. The smallest absolute Gasteiger partial charge is 0.255 e. The van der Waals surface area contributed by atoms with E-state index in [2.05, 4.69) is 5.32 Å². The van der Waals surface area contributed by atoms with Gasteiger partial charge in [0.2, 0.25) is 5.91 Å². The number of carbonyl (C=O) groups is 2. The molecule has 0 unspecified atom stereocenters. The zero-order valence-electron chi connectivity index (χ0n) is 17.0. The molecule has 6 nitrogen and oxygen atoms in total. The third-order valence-corrected chi connectivity index (χ3v) is 5.25. The summed E-state index contributed by atoms with van der Waals surface area (Å²) in [5.74, 6) is 0.702. The van der Waals surface area contributed by atoms with E-state index in [0.29, 0.717) is 40.7 Å². The van der Waals surface area contributed by atoms with Crippen molar-refractivity contribution in [2.24, 2.45) is 5.92 Å². The van der Waals surface area contributed by atoms with Crippen LogP contribution in [0, 0.1) is 5.92 Å². The molecule has 2 aromatic rings. The molecule has 1 aliphatic heterocycles. The Bertz CT molecular complexity index is 929. The number of hydrogen-bond acceptors (Lipinski definition) is 4. The van der Waals surface area contributed by atoms with Crippen molar-refractivity contribution in [3.05, 3.63) is 52.5 Å². The van der Waals surface area contributed by atoms with Crippen LogP contribution < -0.4 is 14.8 Å². The molecule has 3 rings (SSSR count). The Morgan fingerprint density at radius 2 is 1.86 bits per heavy atom. The number of ether oxygens (including phenoxy) is 2. The fourth-order valence-electron chi connectivity index (χ4n) is 3.52. The normalized spacial score (nSPS) is 14.0. The van der Waals surface area contributed by atoms with Crippen LogP contribution in [-0.4, -0.2) is 37.0 Å². The molecule has 0 saturated heterocycles. The molecule has 0 saturated carbocycles. The van der Waals surface area contributed by atoms with Crippen molar-refractivity contribution in [2.45, 2.75) is 32.9 Å². The van der Waals surface area contributed by atoms with Crippen molar-refractivity contribution in [1.82, 2.24) is 4.90 Å². The van der Waals surface area contributed by atoms with Gasteiger partial charge in [-0.15, -0.1) is 0 Å². The van der Waals surface area contributed by atoms with Crippen LogP contribution in [0.15, 0.2) is 36.4 Å². The Hall–Kier alpha value is -2.73. The van der Waals surface area contributed by atoms with Gasteiger partial charge >= 0.3 is 0 Å². The third kappa shape index (κ3) is 4.32. The molecule has 0 aliphatic carbocycles. The number of benzene rings is 2. The number of rotatable bonds is 7. The molecule has 154 valence electrons. The van der Waals surface area contributed by atoms with E-state index in [1.165, 1.54) is 14.2 Å². The highest BCUT2D eigenvalue weighted by atomic mass is 35.5. The van der Waals surface area contributed by atoms with E-state index in [-0.39, 0.29) is 17.7 Å². The number of amides is 2. The van der Waals surface area contributed by atoms with Gasteiger partial charge in [0.1, 0.15) is 17.5 Å². The molecule has 0 radical (unpaired) electrons. The van der Waals surface area contributed by atoms with Crippen LogP contribution in [0.1, 0.15) is 36.2 Å². The SMILES string of the molecule is COc1cc(OC)c(NC(=O)[C@@H](CC(C)C)N2Cc3ccccc3C2=O)cc1Cl. The highest BCUT2D eigenvalue weighted by Crippen LogP contribution is 2.36. The molecule has 1 N–H and O–H groups in total. The lowest BCUT2D eigenvalue weighted by Crippen LogP contribution is -2.45. The lowest BCUT2D eigenvalue weighted by molar-refractivity contribution is -0.121. The van der Waals surface area contributed by atoms with Gasteiger partial charge in [0.05, 0.1) is 24.9 Å². The van der Waals surface area contributed by atoms with Gasteiger partial charge in [-0.2, -0.15) is 0 Å². The lowest BCUT2D eigenvalue weighted by atomic mass is 10.0. The van der Waals surface area contributed by atoms with E-state index < -0.39 is 6.04 Å². The topological polar surface area (TPSA) is 67.9 Å². The fourth-order valence-corrected chi connectivity index (χ4v) is 3.77. The van der Waals surface area contributed by atoms with E-state index in [1.807, 2.05) is 32.0 Å². The van der Waals surface area contributed by atoms with Gasteiger partial charge in [-0.25, -0.2) is 0 Å². The first-order valence-corrected chi connectivity index (χ1v) is 9.84. The number of carbonyl (C=O) groups excluding carboxylic acids is 2. The Balaban J connectivity index is 1.88. The standard InChI is InChI=1S/C22H25ClN2O4/c1-13(2)9-18(25-12-14-7-5-6-8-15(14)22(25)27)21(26)24-17-10-16(23)19(28-3)11-20(17)29-4/h5-8,10-11,13,18H,9,12H2,1-4H3,(H,24,26)/t18-/m1/s1. The first-order chi connectivity index (χ1) is 13.8. The van der Waals surface area contributed by atoms with Crippen LogP contribution in [0.2, 0.25) is 5.02 Å². The minimum absolute atomic E-state index is 0.124. The number of fused-ring (bicyclic) bond motifs is 1. The van der Waals surface area contributed by atoms with Gasteiger partial charge in [0.15, 0.2) is 0 Å². The average Bonchev–Trinajstić information content (AvgIpc) is 3.03. The molecule has 2 aromatic carbocycles. The average molecular weight is 417 g/mol. The summed E-state index contributed by atoms with van der Waals surface area (Å²) < 4.78 is 10.6. The minimum Gasteiger partial charge on any atom is -0.495 e. The zero-order valence-corrected chi connectivity index (χ0v) is 17.7. The van der Waals surface area contributed by atoms with Crippen LogP contribution >= 0.6 is 11.6 Å². The molecule has 1 aliphatic rings. The minimum atomic E-state index is -0.611. The summed E-state index contributed by atoms with van der Waals surface area (Å²) in [5.41, 5.74) is 2.02. The summed E-state index contributed by atoms with van der Waals surface area (Å²) >= 11 is 6.22. The molecule has 0 fully saturated rings. The molecular weight excluding hydrogens is 392 g/mol. The van der Waals surface area contributed by atoms with Crippen molar-refractivity contribution in [3.63, 3.8) is 0 Å². The molecule has 0 spiro atoms. The molecule has 2 amide bonds. The lowest BCUT2D eigenvalue weighted by Gasteiger charge is -2.28. The number of nitrogens with zero attached hydrogens (tertiary/aromatic N) is 1. The molecule has 1 heterocycles. The summed E-state index contributed by atoms with van der Waals surface area (Å²) in [7, 11) is 3.01. The molecule has 1 atom stereocenters. The van der Waals surface area contributed by atoms with E-state index in [0.717, 1.165) is 5.56 Å². The van der Waals surface area contributed by atoms with E-state index in [4.69, 9.17) is 21.1 Å². The number of nitrogens with one attached hydrogen (secondary N) is 1. The van der Waals surface area contributed by atoms with Crippen LogP contribution in [0.5, 0.6) is 11.5 Å². The van der Waals surface area contributed by atoms with Crippen molar-refractivity contribution in [3.8, 4) is 11.5 Å². The number of hydrogen-bond donors (Lipinski definition) is 1. The Kier molecular flexibility index (Phi) is 6.33. The summed E-state index contributed by atoms with van der Waals surface area (Å²) in [6, 6.07) is 10.0. The molecular formula is C22H25ClN2O4. The number of halogens is 1. The molecule has 7 heteroatoms. The van der Waals surface area contributed by atoms with E-state index in [1.54, 1.807) is 23.1 Å². The molecule has 29 heavy (non-hydrogen) atoms. The second-order valence-electron chi connectivity index (χ2n) is 7.41. The predicted octanol–water partition coefficient (Wildman–Crippen LogP) is 4.37. The largest absolute Gasteiger partial charge is 0.495 e. The van der Waals surface area contributed by atoms with Crippen LogP contribution in [0.4, 0.5) is 5.69 Å². The van der Waals surface area contributed by atoms with E-state index in [9.17, 15) is 9.59 Å². The van der Waals surface area contributed by atoms with Crippen molar-refractivity contribution >= 4 is 29.1 Å². The van der Waals surface area contributed by atoms with Crippen LogP contribution in [0.25, 0.3) is 0 Å². The van der Waals surface area contributed by atoms with Crippen molar-refractivity contribution in [1.29, 1.82) is 0 Å². The molecule has 0 bridgehead atoms. The van der Waals surface area contributed by atoms with Gasteiger partial charge in [-0.1, -0.05) is 43.6 Å². The van der Waals surface area contributed by atoms with E-state index >= 15 is 0 Å². The maximum absolute atomic E-state index is 13.2. The van der Waals surface area contributed by atoms with Gasteiger partial charge in [0.25, 0.3) is 5.91 Å². The quantitative estimate of drug-likeness (QED) is 0.727. The fraction of sp³-hybridized carbons (Fsp3) is 0.364. The Labute approximate surface area is 175 Å². The first-order valence-electron chi connectivity index (χ1n) is 9.47. The maximum Gasteiger partial charge on any atom is 0.255 e. The van der Waals surface area contributed by atoms with Gasteiger partial charge in [-0.3, -0.25) is 9.59 Å². The summed E-state index contributed by atoms with van der Waals surface area (Å²) in [5, 5.41) is 3.24. The van der Waals surface area contributed by atoms with Gasteiger partial charge in [-0.05, 0) is 30.0 Å². The molecule has 0 aromatic heterocycles. The van der Waals surface area contributed by atoms with Gasteiger partial charge < -0.3 is 19.7 Å². The van der Waals surface area contributed by atoms with Crippen molar-refractivity contribution < 1.29 is 19.1 Å². The Morgan fingerprint density at radius 3 is 2.48 bits per heavy atom. The second-order valence-corrected chi connectivity index (χ2v) is 7.82. The zero-order chi connectivity index (χ0) is 21.1. The highest BCUT2D eigenvalue weighted by Gasteiger charge is 2.36. The number of anilines is 1. The number of methoxy groups -OCH3 is 2. The summed E-state index contributed by atoms with van der Waals surface area (Å²) in [6.45, 7) is 4.47. The first kappa shape index (κ1) is 21.0. The van der Waals surface area contributed by atoms with Crippen LogP contribution in [-0.2, 0) is 11.3 Å². The Morgan fingerprint density at radius 1 is 1.17 bits per heavy atom. The summed E-state index contributed by atoms with van der Waals surface area (Å²) in [4.78, 5) is 27.8. The van der Waals surface area contributed by atoms with Gasteiger partial charge in [0, 0.05) is 18.2 Å².